The van der Waals surface area contributed by atoms with E-state index >= 15 is 0 Å². The molecule has 1 aliphatic carbocycles. The first-order valence-electron chi connectivity index (χ1n) is 13.5. The maximum absolute atomic E-state index is 13.5. The summed E-state index contributed by atoms with van der Waals surface area (Å²) >= 11 is 13.2. The molecular weight excluding hydrogens is 589 g/mol. The molecule has 2 heterocycles. The molecule has 5 rings (SSSR count). The van der Waals surface area contributed by atoms with E-state index in [4.69, 9.17) is 23.2 Å². The van der Waals surface area contributed by atoms with Gasteiger partial charge in [-0.05, 0) is 60.4 Å². The highest BCUT2D eigenvalue weighted by Gasteiger charge is 2.40. The number of benzene rings is 2. The Labute approximate surface area is 248 Å². The number of rotatable bonds is 7. The highest BCUT2D eigenvalue weighted by Crippen LogP contribution is 2.38. The Morgan fingerprint density at radius 1 is 1.20 bits per heavy atom. The fraction of sp³-hybridized carbons (Fsp3) is 0.414. The van der Waals surface area contributed by atoms with E-state index in [1.807, 2.05) is 11.1 Å². The molecular formula is C29H31Cl2N3O6S. The van der Waals surface area contributed by atoms with Crippen LogP contribution in [0.1, 0.15) is 46.3 Å². The molecule has 1 saturated carbocycles. The zero-order chi connectivity index (χ0) is 29.5. The average Bonchev–Trinajstić information content (AvgIpc) is 3.41. The Kier molecular flexibility index (Phi) is 8.36. The zero-order valence-electron chi connectivity index (χ0n) is 22.4. The van der Waals surface area contributed by atoms with Crippen molar-refractivity contribution in [3.63, 3.8) is 0 Å². The van der Waals surface area contributed by atoms with Crippen LogP contribution in [0.25, 0.3) is 0 Å². The largest absolute Gasteiger partial charge is 0.480 e. The Morgan fingerprint density at radius 2 is 1.98 bits per heavy atom. The van der Waals surface area contributed by atoms with Gasteiger partial charge in [0.1, 0.15) is 6.04 Å². The van der Waals surface area contributed by atoms with E-state index in [0.29, 0.717) is 36.7 Å². The van der Waals surface area contributed by atoms with Gasteiger partial charge in [0.15, 0.2) is 9.84 Å². The van der Waals surface area contributed by atoms with Crippen LogP contribution in [-0.4, -0.2) is 61.1 Å². The summed E-state index contributed by atoms with van der Waals surface area (Å²) < 4.78 is 23.8. The summed E-state index contributed by atoms with van der Waals surface area (Å²) in [7, 11) is -3.49. The number of hydrogen-bond donors (Lipinski definition) is 3. The Morgan fingerprint density at radius 3 is 2.71 bits per heavy atom. The molecule has 218 valence electrons. The van der Waals surface area contributed by atoms with E-state index in [1.165, 1.54) is 18.2 Å². The first-order chi connectivity index (χ1) is 19.4. The van der Waals surface area contributed by atoms with Gasteiger partial charge in [0, 0.05) is 43.6 Å². The number of aliphatic carboxylic acids is 1. The lowest BCUT2D eigenvalue weighted by molar-refractivity contribution is -0.139. The van der Waals surface area contributed by atoms with Crippen LogP contribution in [0.3, 0.4) is 0 Å². The van der Waals surface area contributed by atoms with Crippen LogP contribution in [0.4, 0.5) is 0 Å². The fourth-order valence-corrected chi connectivity index (χ4v) is 7.57. The van der Waals surface area contributed by atoms with Gasteiger partial charge in [-0.3, -0.25) is 9.59 Å². The maximum atomic E-state index is 13.5. The highest BCUT2D eigenvalue weighted by atomic mass is 35.5. The number of sulfone groups is 1. The fourth-order valence-electron chi connectivity index (χ4n) is 6.12. The van der Waals surface area contributed by atoms with Crippen LogP contribution in [-0.2, 0) is 38.8 Å². The molecule has 1 fully saturated rings. The third-order valence-corrected chi connectivity index (χ3v) is 10.0. The lowest BCUT2D eigenvalue weighted by Crippen LogP contribution is -2.46. The molecule has 41 heavy (non-hydrogen) atoms. The molecule has 3 aliphatic rings. The third kappa shape index (κ3) is 6.10. The topological polar surface area (TPSA) is 133 Å². The molecule has 0 bridgehead atoms. The van der Waals surface area contributed by atoms with E-state index in [0.717, 1.165) is 31.1 Å². The minimum Gasteiger partial charge on any atom is -0.480 e. The van der Waals surface area contributed by atoms with Gasteiger partial charge in [-0.25, -0.2) is 13.2 Å². The van der Waals surface area contributed by atoms with Gasteiger partial charge in [0.2, 0.25) is 5.91 Å². The second-order valence-electron chi connectivity index (χ2n) is 10.9. The van der Waals surface area contributed by atoms with Gasteiger partial charge in [-0.2, -0.15) is 0 Å². The van der Waals surface area contributed by atoms with Gasteiger partial charge in [0.05, 0.1) is 20.5 Å². The molecule has 2 aromatic carbocycles. The quantitative estimate of drug-likeness (QED) is 0.431. The number of halogens is 2. The summed E-state index contributed by atoms with van der Waals surface area (Å²) in [5, 5.41) is 15.8. The number of carbonyl (C=O) groups is 3. The molecule has 3 N–H and O–H groups in total. The molecule has 0 radical (unpaired) electrons. The summed E-state index contributed by atoms with van der Waals surface area (Å²) in [6.45, 7) is 0.780. The van der Waals surface area contributed by atoms with Crippen LogP contribution in [0, 0.1) is 11.8 Å². The minimum atomic E-state index is -3.49. The highest BCUT2D eigenvalue weighted by molar-refractivity contribution is 7.90. The van der Waals surface area contributed by atoms with Crippen LogP contribution in [0.5, 0.6) is 0 Å². The number of fused-ring (bicyclic) bond motifs is 2. The average molecular weight is 621 g/mol. The molecule has 4 atom stereocenters. The van der Waals surface area contributed by atoms with Crippen molar-refractivity contribution in [2.75, 3.05) is 12.8 Å². The molecule has 12 heteroatoms. The van der Waals surface area contributed by atoms with Crippen molar-refractivity contribution in [2.45, 2.75) is 55.6 Å². The predicted molar refractivity (Wildman–Crippen MR) is 155 cm³/mol. The van der Waals surface area contributed by atoms with E-state index < -0.39 is 27.8 Å². The van der Waals surface area contributed by atoms with Crippen LogP contribution < -0.4 is 10.6 Å². The van der Waals surface area contributed by atoms with Crippen molar-refractivity contribution in [1.29, 1.82) is 0 Å². The van der Waals surface area contributed by atoms with Crippen molar-refractivity contribution < 1.29 is 27.9 Å². The summed E-state index contributed by atoms with van der Waals surface area (Å²) in [4.78, 5) is 40.7. The number of carboxylic acid groups (broad SMARTS) is 1. The lowest BCUT2D eigenvalue weighted by atomic mass is 9.76. The second kappa shape index (κ2) is 11.7. The van der Waals surface area contributed by atoms with Crippen molar-refractivity contribution in [3.05, 3.63) is 74.9 Å². The first-order valence-corrected chi connectivity index (χ1v) is 16.1. The SMILES string of the molecule is CS(=O)(=O)c1cccc(C[C@H](NC(=O)c2c(Cl)cc3c(c2Cl)CCN(C(=O)C2CCCC4NC=CC42)C3)C(=O)O)c1. The van der Waals surface area contributed by atoms with Crippen LogP contribution in [0.2, 0.25) is 10.0 Å². The number of amides is 2. The van der Waals surface area contributed by atoms with Crippen molar-refractivity contribution in [3.8, 4) is 0 Å². The van der Waals surface area contributed by atoms with Gasteiger partial charge in [0.25, 0.3) is 5.91 Å². The van der Waals surface area contributed by atoms with E-state index in [2.05, 4.69) is 16.7 Å². The summed E-state index contributed by atoms with van der Waals surface area (Å²) in [5.74, 6) is -1.82. The molecule has 3 unspecified atom stereocenters. The van der Waals surface area contributed by atoms with Gasteiger partial charge >= 0.3 is 5.97 Å². The molecule has 2 aliphatic heterocycles. The van der Waals surface area contributed by atoms with E-state index in [9.17, 15) is 27.9 Å². The van der Waals surface area contributed by atoms with E-state index in [1.54, 1.807) is 12.1 Å². The minimum absolute atomic E-state index is 0.0275. The van der Waals surface area contributed by atoms with Crippen molar-refractivity contribution in [1.82, 2.24) is 15.5 Å². The number of carboxylic acids is 1. The maximum Gasteiger partial charge on any atom is 0.326 e. The summed E-state index contributed by atoms with van der Waals surface area (Å²) in [6.07, 6.45) is 8.29. The van der Waals surface area contributed by atoms with E-state index in [-0.39, 0.29) is 44.7 Å². The third-order valence-electron chi connectivity index (χ3n) is 8.22. The van der Waals surface area contributed by atoms with Crippen molar-refractivity contribution >= 4 is 50.8 Å². The number of nitrogens with zero attached hydrogens (tertiary/aromatic N) is 1. The molecule has 9 nitrogen and oxygen atoms in total. The number of carbonyl (C=O) groups excluding carboxylic acids is 2. The zero-order valence-corrected chi connectivity index (χ0v) is 24.7. The van der Waals surface area contributed by atoms with Crippen LogP contribution >= 0.6 is 23.2 Å². The summed E-state index contributed by atoms with van der Waals surface area (Å²) in [6, 6.07) is 6.49. The van der Waals surface area contributed by atoms with Gasteiger partial charge in [-0.15, -0.1) is 0 Å². The predicted octanol–water partition coefficient (Wildman–Crippen LogP) is 3.61. The Hall–Kier alpha value is -3.08. The Bertz CT molecular complexity index is 1540. The second-order valence-corrected chi connectivity index (χ2v) is 13.7. The lowest BCUT2D eigenvalue weighted by Gasteiger charge is -2.38. The molecule has 2 amide bonds. The summed E-state index contributed by atoms with van der Waals surface area (Å²) in [5.41, 5.74) is 1.87. The Balaban J connectivity index is 1.32. The first kappa shape index (κ1) is 29.4. The number of nitrogens with one attached hydrogen (secondary N) is 2. The normalized spacial score (nSPS) is 22.3. The monoisotopic (exact) mass is 619 g/mol. The van der Waals surface area contributed by atoms with Crippen LogP contribution in [0.15, 0.2) is 47.5 Å². The number of hydrogen-bond acceptors (Lipinski definition) is 6. The van der Waals surface area contributed by atoms with Gasteiger partial charge < -0.3 is 20.6 Å². The standard InChI is InChI=1S/C29H31Cl2N3O6S/c1-41(39,40)18-5-2-4-16(12-18)13-24(29(37)38)33-27(35)25-22(30)14-17-15-34(11-9-19(17)26(25)31)28(36)21-6-3-7-23-20(21)8-10-32-23/h2,4-5,8,10,12,14,20-21,23-24,32H,3,6-7,9,11,13,15H2,1H3,(H,33,35)(H,37,38)/t20?,21?,23?,24-/m0/s1. The van der Waals surface area contributed by atoms with Gasteiger partial charge in [-0.1, -0.05) is 47.8 Å². The molecule has 0 spiro atoms. The van der Waals surface area contributed by atoms with Crippen molar-refractivity contribution in [2.24, 2.45) is 11.8 Å². The molecule has 0 aromatic heterocycles. The molecule has 0 saturated heterocycles. The smallest absolute Gasteiger partial charge is 0.326 e. The molecule has 2 aromatic rings.